The number of hydrogen-bond acceptors (Lipinski definition) is 5. The normalized spacial score (nSPS) is 12.1. The number of rotatable bonds is 5. The van der Waals surface area contributed by atoms with Crippen LogP contribution in [0.5, 0.6) is 0 Å². The lowest BCUT2D eigenvalue weighted by Gasteiger charge is -2.13. The maximum Gasteiger partial charge on any atom is 0.507 e. The first-order valence-electron chi connectivity index (χ1n) is 4.64. The molecule has 88 valence electrons. The predicted molar refractivity (Wildman–Crippen MR) is 66.8 cm³/mol. The van der Waals surface area contributed by atoms with E-state index in [2.05, 4.69) is 21.7 Å². The molecular weight excluding hydrogens is 246 g/mol. The van der Waals surface area contributed by atoms with E-state index < -0.39 is 6.16 Å². The predicted octanol–water partition coefficient (Wildman–Crippen LogP) is 2.93. The fourth-order valence-corrected chi connectivity index (χ4v) is 1.79. The van der Waals surface area contributed by atoms with Gasteiger partial charge in [0.15, 0.2) is 0 Å². The second-order valence-electron chi connectivity index (χ2n) is 3.14. The Morgan fingerprint density at radius 3 is 2.69 bits per heavy atom. The monoisotopic (exact) mass is 259 g/mol. The molecule has 0 saturated heterocycles. The summed E-state index contributed by atoms with van der Waals surface area (Å²) < 4.78 is 4.37. The molecule has 0 radical (unpaired) electrons. The molecule has 4 nitrogen and oxygen atoms in total. The van der Waals surface area contributed by atoms with Gasteiger partial charge in [-0.15, -0.1) is 11.7 Å². The van der Waals surface area contributed by atoms with E-state index in [1.54, 1.807) is 0 Å². The maximum atomic E-state index is 10.1. The molecule has 16 heavy (non-hydrogen) atoms. The highest BCUT2D eigenvalue weighted by Gasteiger charge is 2.05. The van der Waals surface area contributed by atoms with Gasteiger partial charge in [0.2, 0.25) is 0 Å². The molecule has 0 aliphatic carbocycles. The lowest BCUT2D eigenvalue weighted by molar-refractivity contribution is 0.0815. The van der Waals surface area contributed by atoms with Crippen LogP contribution in [-0.2, 0) is 4.74 Å². The van der Waals surface area contributed by atoms with Gasteiger partial charge in [-0.2, -0.15) is 0 Å². The van der Waals surface area contributed by atoms with E-state index in [1.807, 2.05) is 31.2 Å². The highest BCUT2D eigenvalue weighted by atomic mass is 33.1. The van der Waals surface area contributed by atoms with E-state index in [0.717, 1.165) is 10.5 Å². The van der Waals surface area contributed by atoms with Crippen LogP contribution in [0.15, 0.2) is 29.2 Å². The van der Waals surface area contributed by atoms with E-state index in [0.29, 0.717) is 0 Å². The van der Waals surface area contributed by atoms with Gasteiger partial charge in [-0.25, -0.2) is 4.79 Å². The van der Waals surface area contributed by atoms with Crippen LogP contribution < -0.4 is 5.32 Å². The van der Waals surface area contributed by atoms with Gasteiger partial charge in [0, 0.05) is 10.9 Å². The van der Waals surface area contributed by atoms with Gasteiger partial charge in [-0.1, -0.05) is 22.9 Å². The Bertz CT molecular complexity index is 342. The summed E-state index contributed by atoms with van der Waals surface area (Å²) in [6.07, 6.45) is -1.28. The largest absolute Gasteiger partial charge is 0.507 e. The second-order valence-corrected chi connectivity index (χ2v) is 4.34. The van der Waals surface area contributed by atoms with Crippen LogP contribution in [0.2, 0.25) is 0 Å². The molecule has 2 N–H and O–H groups in total. The molecule has 0 spiro atoms. The van der Waals surface area contributed by atoms with Gasteiger partial charge in [-0.3, -0.25) is 5.32 Å². The first-order chi connectivity index (χ1) is 7.63. The van der Waals surface area contributed by atoms with Crippen LogP contribution in [0.25, 0.3) is 0 Å². The van der Waals surface area contributed by atoms with Crippen LogP contribution >= 0.6 is 22.5 Å². The number of benzene rings is 1. The Kier molecular flexibility index (Phi) is 5.51. The lowest BCUT2D eigenvalue weighted by atomic mass is 10.1. The van der Waals surface area contributed by atoms with Crippen LogP contribution in [0.4, 0.5) is 4.79 Å². The van der Waals surface area contributed by atoms with E-state index in [1.165, 1.54) is 10.8 Å². The Labute approximate surface area is 103 Å². The summed E-state index contributed by atoms with van der Waals surface area (Å²) in [7, 11) is 1.38. The van der Waals surface area contributed by atoms with E-state index >= 15 is 0 Å². The number of carbonyl (C=O) groups is 1. The SMILES string of the molecule is CC(NCOC(=O)O)c1ccc(SS)cc1. The van der Waals surface area contributed by atoms with Gasteiger partial charge >= 0.3 is 6.16 Å². The summed E-state index contributed by atoms with van der Waals surface area (Å²) in [6, 6.07) is 7.90. The van der Waals surface area contributed by atoms with Crippen LogP contribution in [0.3, 0.4) is 0 Å². The van der Waals surface area contributed by atoms with Crippen molar-refractivity contribution in [1.82, 2.24) is 5.32 Å². The molecule has 1 rings (SSSR count). The van der Waals surface area contributed by atoms with E-state index in [4.69, 9.17) is 5.11 Å². The lowest BCUT2D eigenvalue weighted by Crippen LogP contribution is -2.23. The molecule has 0 saturated carbocycles. The minimum atomic E-state index is -1.28. The Balaban J connectivity index is 2.45. The first kappa shape index (κ1) is 13.2. The zero-order chi connectivity index (χ0) is 12.0. The third kappa shape index (κ3) is 4.34. The fraction of sp³-hybridized carbons (Fsp3) is 0.300. The standard InChI is InChI=1S/C10H13NO3S2/c1-7(11-6-14-10(12)13)8-2-4-9(16-15)5-3-8/h2-5,7,11,15H,6H2,1H3,(H,12,13). The molecule has 0 fully saturated rings. The Morgan fingerprint density at radius 1 is 1.56 bits per heavy atom. The molecule has 0 aliphatic heterocycles. The highest BCUT2D eigenvalue weighted by molar-refractivity contribution is 8.68. The van der Waals surface area contributed by atoms with Crippen LogP contribution in [0.1, 0.15) is 18.5 Å². The smallest absolute Gasteiger partial charge is 0.450 e. The number of hydrogen-bond donors (Lipinski definition) is 3. The molecule has 0 bridgehead atoms. The second kappa shape index (κ2) is 6.67. The molecule has 1 unspecified atom stereocenters. The molecule has 0 aliphatic rings. The van der Waals surface area contributed by atoms with Gasteiger partial charge in [0.05, 0.1) is 0 Å². The summed E-state index contributed by atoms with van der Waals surface area (Å²) in [5, 5.41) is 11.2. The summed E-state index contributed by atoms with van der Waals surface area (Å²) in [5.41, 5.74) is 1.07. The topological polar surface area (TPSA) is 58.6 Å². The minimum absolute atomic E-state index is 0.0143. The Hall–Kier alpha value is -0.850. The van der Waals surface area contributed by atoms with Crippen molar-refractivity contribution in [2.24, 2.45) is 0 Å². The molecule has 1 atom stereocenters. The maximum absolute atomic E-state index is 10.1. The zero-order valence-corrected chi connectivity index (χ0v) is 10.4. The van der Waals surface area contributed by atoms with Crippen LogP contribution in [0, 0.1) is 0 Å². The molecule has 1 aromatic rings. The molecule has 1 aromatic carbocycles. The van der Waals surface area contributed by atoms with Crippen molar-refractivity contribution in [2.75, 3.05) is 6.73 Å². The average Bonchev–Trinajstić information content (AvgIpc) is 2.28. The summed E-state index contributed by atoms with van der Waals surface area (Å²) in [5.74, 6) is 0. The molecule has 0 aromatic heterocycles. The van der Waals surface area contributed by atoms with Crippen molar-refractivity contribution in [2.45, 2.75) is 17.9 Å². The van der Waals surface area contributed by atoms with Gasteiger partial charge in [-0.05, 0) is 24.6 Å². The minimum Gasteiger partial charge on any atom is -0.450 e. The molecule has 0 amide bonds. The molecule has 6 heteroatoms. The van der Waals surface area contributed by atoms with Gasteiger partial charge < -0.3 is 9.84 Å². The number of nitrogens with one attached hydrogen (secondary N) is 1. The number of carboxylic acid groups (broad SMARTS) is 1. The number of thiol groups is 1. The van der Waals surface area contributed by atoms with Crippen molar-refractivity contribution in [3.05, 3.63) is 29.8 Å². The highest BCUT2D eigenvalue weighted by Crippen LogP contribution is 2.23. The van der Waals surface area contributed by atoms with Crippen molar-refractivity contribution >= 4 is 28.6 Å². The van der Waals surface area contributed by atoms with E-state index in [-0.39, 0.29) is 12.8 Å². The molecular formula is C10H13NO3S2. The van der Waals surface area contributed by atoms with Crippen molar-refractivity contribution in [1.29, 1.82) is 0 Å². The zero-order valence-electron chi connectivity index (χ0n) is 8.71. The summed E-state index contributed by atoms with van der Waals surface area (Å²) >= 11 is 4.09. The number of ether oxygens (including phenoxy) is 1. The van der Waals surface area contributed by atoms with E-state index in [9.17, 15) is 4.79 Å². The van der Waals surface area contributed by atoms with Gasteiger partial charge in [0.1, 0.15) is 6.73 Å². The summed E-state index contributed by atoms with van der Waals surface area (Å²) in [6.45, 7) is 1.92. The van der Waals surface area contributed by atoms with Crippen molar-refractivity contribution in [3.63, 3.8) is 0 Å². The van der Waals surface area contributed by atoms with Crippen LogP contribution in [-0.4, -0.2) is 18.0 Å². The summed E-state index contributed by atoms with van der Waals surface area (Å²) in [4.78, 5) is 11.2. The Morgan fingerprint density at radius 2 is 2.19 bits per heavy atom. The fourth-order valence-electron chi connectivity index (χ4n) is 1.16. The van der Waals surface area contributed by atoms with Gasteiger partial charge in [0.25, 0.3) is 0 Å². The third-order valence-corrected chi connectivity index (χ3v) is 3.19. The van der Waals surface area contributed by atoms with Crippen molar-refractivity contribution < 1.29 is 14.6 Å². The quantitative estimate of drug-likeness (QED) is 0.328. The average molecular weight is 259 g/mol. The first-order valence-corrected chi connectivity index (χ1v) is 6.51. The van der Waals surface area contributed by atoms with Crippen molar-refractivity contribution in [3.8, 4) is 0 Å². The molecule has 0 heterocycles. The third-order valence-electron chi connectivity index (χ3n) is 2.07.